The topological polar surface area (TPSA) is 117 Å². The van der Waals surface area contributed by atoms with E-state index in [-0.39, 0.29) is 39.9 Å². The van der Waals surface area contributed by atoms with E-state index in [4.69, 9.17) is 9.47 Å². The van der Waals surface area contributed by atoms with Gasteiger partial charge in [0, 0.05) is 19.2 Å². The Balaban J connectivity index is 1.69. The maximum Gasteiger partial charge on any atom is 0.269 e. The second-order valence-corrected chi connectivity index (χ2v) is 10.1. The van der Waals surface area contributed by atoms with Crippen LogP contribution in [-0.4, -0.2) is 46.6 Å². The molecule has 0 atom stereocenters. The summed E-state index contributed by atoms with van der Waals surface area (Å²) >= 11 is 0. The van der Waals surface area contributed by atoms with Crippen LogP contribution in [0.15, 0.2) is 58.7 Å². The minimum Gasteiger partial charge on any atom is -0.494 e. The van der Waals surface area contributed by atoms with Crippen molar-refractivity contribution in [2.75, 3.05) is 20.8 Å². The quantitative estimate of drug-likeness (QED) is 0.490. The summed E-state index contributed by atoms with van der Waals surface area (Å²) in [5, 5.41) is 0. The van der Waals surface area contributed by atoms with Crippen LogP contribution in [0.25, 0.3) is 0 Å². The van der Waals surface area contributed by atoms with Gasteiger partial charge in [-0.1, -0.05) is 0 Å². The number of hydrogen-bond donors (Lipinski definition) is 1. The van der Waals surface area contributed by atoms with E-state index in [9.17, 15) is 25.6 Å². The normalized spacial score (nSPS) is 12.0. The van der Waals surface area contributed by atoms with E-state index in [1.807, 2.05) is 0 Å². The lowest BCUT2D eigenvalue weighted by Crippen LogP contribution is -2.26. The largest absolute Gasteiger partial charge is 0.494 e. The third-order valence-electron chi connectivity index (χ3n) is 4.42. The Kier molecular flexibility index (Phi) is 6.81. The Bertz CT molecular complexity index is 1340. The third kappa shape index (κ3) is 4.89. The number of sulfonamides is 1. The first-order valence-corrected chi connectivity index (χ1v) is 12.0. The highest BCUT2D eigenvalue weighted by Crippen LogP contribution is 2.23. The van der Waals surface area contributed by atoms with Crippen molar-refractivity contribution >= 4 is 20.0 Å². The van der Waals surface area contributed by atoms with Gasteiger partial charge in [-0.2, -0.15) is 0 Å². The number of nitrogens with one attached hydrogen (secondary N) is 1. The van der Waals surface area contributed by atoms with Gasteiger partial charge in [0.1, 0.15) is 6.33 Å². The standard InChI is InChI=1S/C19H19F2N3O6S2/c1-29-18-5-3-14(9-16(18)20)31(25,26)23-8-7-13-11-24(12-22-13)32(27,28)15-4-6-19(30-2)17(21)10-15/h3-6,9-12,23H,7-8H2,1-2H3. The highest BCUT2D eigenvalue weighted by molar-refractivity contribution is 7.90. The highest BCUT2D eigenvalue weighted by atomic mass is 32.2. The average molecular weight is 488 g/mol. The van der Waals surface area contributed by atoms with Gasteiger partial charge in [-0.05, 0) is 36.4 Å². The van der Waals surface area contributed by atoms with Crippen molar-refractivity contribution in [1.29, 1.82) is 0 Å². The number of aromatic nitrogens is 2. The number of ether oxygens (including phenoxy) is 2. The molecule has 0 saturated heterocycles. The van der Waals surface area contributed by atoms with Crippen LogP contribution in [0.1, 0.15) is 5.69 Å². The molecular formula is C19H19F2N3O6S2. The molecule has 0 amide bonds. The molecule has 0 bridgehead atoms. The molecule has 3 aromatic rings. The van der Waals surface area contributed by atoms with Crippen LogP contribution in [0.5, 0.6) is 11.5 Å². The van der Waals surface area contributed by atoms with Crippen LogP contribution < -0.4 is 14.2 Å². The van der Waals surface area contributed by atoms with Crippen molar-refractivity contribution < 1.29 is 35.1 Å². The molecule has 2 aromatic carbocycles. The maximum absolute atomic E-state index is 13.9. The Labute approximate surface area is 183 Å². The van der Waals surface area contributed by atoms with Crippen molar-refractivity contribution in [1.82, 2.24) is 13.7 Å². The number of rotatable bonds is 9. The zero-order chi connectivity index (χ0) is 23.5. The fraction of sp³-hybridized carbons (Fsp3) is 0.211. The average Bonchev–Trinajstić information content (AvgIpc) is 3.23. The molecule has 32 heavy (non-hydrogen) atoms. The minimum absolute atomic E-state index is 0.0529. The molecule has 1 N–H and O–H groups in total. The maximum atomic E-state index is 13.9. The molecule has 0 fully saturated rings. The summed E-state index contributed by atoms with van der Waals surface area (Å²) in [6.07, 6.45) is 2.27. The first-order valence-electron chi connectivity index (χ1n) is 9.03. The van der Waals surface area contributed by atoms with Gasteiger partial charge in [0.2, 0.25) is 10.0 Å². The second-order valence-electron chi connectivity index (χ2n) is 6.44. The Hall–Kier alpha value is -3.03. The van der Waals surface area contributed by atoms with Crippen molar-refractivity contribution in [2.24, 2.45) is 0 Å². The zero-order valence-electron chi connectivity index (χ0n) is 16.9. The molecule has 0 unspecified atom stereocenters. The predicted octanol–water partition coefficient (Wildman–Crippen LogP) is 1.94. The molecule has 172 valence electrons. The summed E-state index contributed by atoms with van der Waals surface area (Å²) in [6.45, 7) is -0.121. The molecule has 0 aliphatic rings. The van der Waals surface area contributed by atoms with E-state index in [0.29, 0.717) is 0 Å². The van der Waals surface area contributed by atoms with Crippen molar-refractivity contribution in [3.63, 3.8) is 0 Å². The van der Waals surface area contributed by atoms with Gasteiger partial charge in [0.15, 0.2) is 23.1 Å². The number of benzene rings is 2. The monoisotopic (exact) mass is 487 g/mol. The predicted molar refractivity (Wildman–Crippen MR) is 110 cm³/mol. The fourth-order valence-corrected chi connectivity index (χ4v) is 4.96. The molecule has 0 spiro atoms. The van der Waals surface area contributed by atoms with Crippen LogP contribution in [-0.2, 0) is 26.5 Å². The lowest BCUT2D eigenvalue weighted by atomic mass is 10.3. The van der Waals surface area contributed by atoms with Gasteiger partial charge in [0.25, 0.3) is 10.0 Å². The third-order valence-corrected chi connectivity index (χ3v) is 7.48. The second kappa shape index (κ2) is 9.22. The van der Waals surface area contributed by atoms with Gasteiger partial charge in [0.05, 0.1) is 29.7 Å². The van der Waals surface area contributed by atoms with E-state index in [0.717, 1.165) is 22.4 Å². The molecule has 0 aliphatic heterocycles. The van der Waals surface area contributed by atoms with Crippen LogP contribution in [0, 0.1) is 11.6 Å². The van der Waals surface area contributed by atoms with Crippen LogP contribution in [0.2, 0.25) is 0 Å². The summed E-state index contributed by atoms with van der Waals surface area (Å²) in [7, 11) is -5.60. The summed E-state index contributed by atoms with van der Waals surface area (Å²) < 4.78 is 90.2. The van der Waals surface area contributed by atoms with Crippen LogP contribution in [0.3, 0.4) is 0 Å². The number of imidazole rings is 1. The summed E-state index contributed by atoms with van der Waals surface area (Å²) in [6, 6.07) is 6.43. The number of halogens is 2. The van der Waals surface area contributed by atoms with E-state index < -0.39 is 31.7 Å². The smallest absolute Gasteiger partial charge is 0.269 e. The summed E-state index contributed by atoms with van der Waals surface area (Å²) in [5.74, 6) is -1.85. The lowest BCUT2D eigenvalue weighted by Gasteiger charge is -2.08. The van der Waals surface area contributed by atoms with Gasteiger partial charge in [-0.3, -0.25) is 0 Å². The molecular weight excluding hydrogens is 468 g/mol. The van der Waals surface area contributed by atoms with Crippen molar-refractivity contribution in [3.8, 4) is 11.5 Å². The van der Waals surface area contributed by atoms with Gasteiger partial charge in [-0.15, -0.1) is 0 Å². The first-order chi connectivity index (χ1) is 15.1. The highest BCUT2D eigenvalue weighted by Gasteiger charge is 2.20. The summed E-state index contributed by atoms with van der Waals surface area (Å²) in [4.78, 5) is 3.36. The van der Waals surface area contributed by atoms with Crippen molar-refractivity contribution in [3.05, 3.63) is 66.3 Å². The van der Waals surface area contributed by atoms with Crippen molar-refractivity contribution in [2.45, 2.75) is 16.2 Å². The molecule has 1 heterocycles. The molecule has 9 nitrogen and oxygen atoms in total. The lowest BCUT2D eigenvalue weighted by molar-refractivity contribution is 0.385. The first kappa shape index (κ1) is 23.6. The fourth-order valence-electron chi connectivity index (χ4n) is 2.75. The Morgan fingerprint density at radius 3 is 2.06 bits per heavy atom. The molecule has 1 aromatic heterocycles. The van der Waals surface area contributed by atoms with E-state index in [1.165, 1.54) is 44.7 Å². The van der Waals surface area contributed by atoms with Gasteiger partial charge >= 0.3 is 0 Å². The molecule has 0 radical (unpaired) electrons. The van der Waals surface area contributed by atoms with Crippen LogP contribution in [0.4, 0.5) is 8.78 Å². The molecule has 0 aliphatic carbocycles. The minimum atomic E-state index is -4.11. The summed E-state index contributed by atoms with van der Waals surface area (Å²) in [5.41, 5.74) is 0.270. The van der Waals surface area contributed by atoms with Gasteiger partial charge in [-0.25, -0.2) is 39.3 Å². The number of methoxy groups -OCH3 is 2. The van der Waals surface area contributed by atoms with Crippen LogP contribution >= 0.6 is 0 Å². The molecule has 13 heteroatoms. The number of hydrogen-bond acceptors (Lipinski definition) is 7. The Morgan fingerprint density at radius 1 is 0.938 bits per heavy atom. The Morgan fingerprint density at radius 2 is 1.50 bits per heavy atom. The van der Waals surface area contributed by atoms with E-state index in [1.54, 1.807) is 0 Å². The van der Waals surface area contributed by atoms with Gasteiger partial charge < -0.3 is 9.47 Å². The molecule has 3 rings (SSSR count). The number of nitrogens with zero attached hydrogens (tertiary/aromatic N) is 2. The molecule has 0 saturated carbocycles. The van der Waals surface area contributed by atoms with E-state index >= 15 is 0 Å². The SMILES string of the molecule is COc1ccc(S(=O)(=O)NCCc2cn(S(=O)(=O)c3ccc(OC)c(F)c3)cn2)cc1F. The zero-order valence-corrected chi connectivity index (χ0v) is 18.6. The van der Waals surface area contributed by atoms with E-state index in [2.05, 4.69) is 9.71 Å².